The number of benzene rings is 1. The summed E-state index contributed by atoms with van der Waals surface area (Å²) in [5, 5.41) is 3.13. The highest BCUT2D eigenvalue weighted by atomic mass is 16.5. The van der Waals surface area contributed by atoms with Crippen molar-refractivity contribution >= 4 is 5.91 Å². The number of nitrogens with one attached hydrogen (secondary N) is 1. The van der Waals surface area contributed by atoms with Crippen LogP contribution in [0, 0.1) is 5.92 Å². The summed E-state index contributed by atoms with van der Waals surface area (Å²) in [5.74, 6) is 0.748. The first kappa shape index (κ1) is 13.6. The Morgan fingerprint density at radius 2 is 2.00 bits per heavy atom. The fourth-order valence-corrected chi connectivity index (χ4v) is 2.51. The van der Waals surface area contributed by atoms with Gasteiger partial charge in [-0.25, -0.2) is 4.98 Å². The van der Waals surface area contributed by atoms with Gasteiger partial charge in [0, 0.05) is 6.20 Å². The Morgan fingerprint density at radius 1 is 1.24 bits per heavy atom. The van der Waals surface area contributed by atoms with Crippen LogP contribution in [0.2, 0.25) is 0 Å². The van der Waals surface area contributed by atoms with E-state index < -0.39 is 0 Å². The maximum absolute atomic E-state index is 12.5. The van der Waals surface area contributed by atoms with Gasteiger partial charge in [-0.3, -0.25) is 4.79 Å². The molecule has 21 heavy (non-hydrogen) atoms. The van der Waals surface area contributed by atoms with Gasteiger partial charge in [-0.1, -0.05) is 30.3 Å². The standard InChI is InChI=1S/C17H18N2O2/c1-21-17-14(8-5-11-18-17)16(20)19-15(13-9-10-13)12-6-3-2-4-7-12/h2-8,11,13,15H,9-10H2,1H3,(H,19,20). The lowest BCUT2D eigenvalue weighted by Gasteiger charge is -2.19. The van der Waals surface area contributed by atoms with Crippen molar-refractivity contribution in [3.63, 3.8) is 0 Å². The van der Waals surface area contributed by atoms with Crippen LogP contribution in [-0.4, -0.2) is 18.0 Å². The van der Waals surface area contributed by atoms with Crippen molar-refractivity contribution in [1.29, 1.82) is 0 Å². The zero-order valence-corrected chi connectivity index (χ0v) is 12.0. The first-order chi connectivity index (χ1) is 10.3. The summed E-state index contributed by atoms with van der Waals surface area (Å²) >= 11 is 0. The van der Waals surface area contributed by atoms with Gasteiger partial charge >= 0.3 is 0 Å². The third kappa shape index (κ3) is 3.05. The number of pyridine rings is 1. The second kappa shape index (κ2) is 5.95. The van der Waals surface area contributed by atoms with E-state index in [2.05, 4.69) is 22.4 Å². The van der Waals surface area contributed by atoms with E-state index in [9.17, 15) is 4.79 Å². The minimum absolute atomic E-state index is 0.0589. The van der Waals surface area contributed by atoms with E-state index in [1.165, 1.54) is 7.11 Å². The Bertz CT molecular complexity index is 624. The van der Waals surface area contributed by atoms with Gasteiger partial charge in [0.15, 0.2) is 0 Å². The van der Waals surface area contributed by atoms with Gasteiger partial charge < -0.3 is 10.1 Å². The maximum Gasteiger partial charge on any atom is 0.257 e. The van der Waals surface area contributed by atoms with E-state index in [1.807, 2.05) is 18.2 Å². The zero-order chi connectivity index (χ0) is 14.7. The van der Waals surface area contributed by atoms with E-state index in [4.69, 9.17) is 4.74 Å². The summed E-state index contributed by atoms with van der Waals surface area (Å²) in [7, 11) is 1.52. The van der Waals surface area contributed by atoms with Crippen LogP contribution in [-0.2, 0) is 0 Å². The molecule has 4 nitrogen and oxygen atoms in total. The molecule has 1 unspecified atom stereocenters. The molecule has 3 rings (SSSR count). The molecule has 2 aromatic rings. The second-order valence-electron chi connectivity index (χ2n) is 5.26. The molecule has 0 spiro atoms. The van der Waals surface area contributed by atoms with E-state index in [0.717, 1.165) is 18.4 Å². The lowest BCUT2D eigenvalue weighted by atomic mass is 10.0. The fraction of sp³-hybridized carbons (Fsp3) is 0.294. The molecule has 1 aliphatic rings. The first-order valence-corrected chi connectivity index (χ1v) is 7.14. The van der Waals surface area contributed by atoms with Gasteiger partial charge in [0.1, 0.15) is 5.56 Å². The molecule has 1 heterocycles. The summed E-state index contributed by atoms with van der Waals surface area (Å²) in [6.45, 7) is 0. The number of aromatic nitrogens is 1. The number of ether oxygens (including phenoxy) is 1. The predicted octanol–water partition coefficient (Wildman–Crippen LogP) is 2.97. The van der Waals surface area contributed by atoms with E-state index >= 15 is 0 Å². The Morgan fingerprint density at radius 3 is 2.67 bits per heavy atom. The minimum Gasteiger partial charge on any atom is -0.480 e. The third-order valence-corrected chi connectivity index (χ3v) is 3.75. The van der Waals surface area contributed by atoms with Crippen LogP contribution in [0.15, 0.2) is 48.7 Å². The monoisotopic (exact) mass is 282 g/mol. The molecule has 1 aromatic carbocycles. The summed E-state index contributed by atoms with van der Waals surface area (Å²) in [6, 6.07) is 13.6. The van der Waals surface area contributed by atoms with Crippen LogP contribution < -0.4 is 10.1 Å². The van der Waals surface area contributed by atoms with Gasteiger partial charge in [-0.2, -0.15) is 0 Å². The topological polar surface area (TPSA) is 51.2 Å². The smallest absolute Gasteiger partial charge is 0.257 e. The van der Waals surface area contributed by atoms with Gasteiger partial charge in [0.2, 0.25) is 5.88 Å². The van der Waals surface area contributed by atoms with Crippen molar-refractivity contribution in [2.24, 2.45) is 5.92 Å². The zero-order valence-electron chi connectivity index (χ0n) is 12.0. The first-order valence-electron chi connectivity index (χ1n) is 7.14. The Labute approximate surface area is 124 Å². The summed E-state index contributed by atoms with van der Waals surface area (Å²) in [4.78, 5) is 16.6. The van der Waals surface area contributed by atoms with Crippen molar-refractivity contribution < 1.29 is 9.53 Å². The molecule has 1 saturated carbocycles. The lowest BCUT2D eigenvalue weighted by molar-refractivity contribution is 0.0928. The quantitative estimate of drug-likeness (QED) is 0.917. The number of amides is 1. The normalized spacial score (nSPS) is 15.3. The lowest BCUT2D eigenvalue weighted by Crippen LogP contribution is -2.30. The van der Waals surface area contributed by atoms with Crippen molar-refractivity contribution in [2.45, 2.75) is 18.9 Å². The van der Waals surface area contributed by atoms with Crippen molar-refractivity contribution in [2.75, 3.05) is 7.11 Å². The predicted molar refractivity (Wildman–Crippen MR) is 80.2 cm³/mol. The van der Waals surface area contributed by atoms with Crippen LogP contribution in [0.3, 0.4) is 0 Å². The van der Waals surface area contributed by atoms with Gasteiger partial charge in [0.05, 0.1) is 13.2 Å². The number of carbonyl (C=O) groups excluding carboxylic acids is 1. The van der Waals surface area contributed by atoms with E-state index in [1.54, 1.807) is 18.3 Å². The molecule has 108 valence electrons. The molecule has 1 fully saturated rings. The van der Waals surface area contributed by atoms with Gasteiger partial charge in [-0.15, -0.1) is 0 Å². The third-order valence-electron chi connectivity index (χ3n) is 3.75. The Kier molecular flexibility index (Phi) is 3.86. The van der Waals surface area contributed by atoms with Crippen molar-refractivity contribution in [3.05, 3.63) is 59.8 Å². The van der Waals surface area contributed by atoms with Gasteiger partial charge in [0.25, 0.3) is 5.91 Å². The average Bonchev–Trinajstić information content (AvgIpc) is 3.38. The molecule has 1 aromatic heterocycles. The number of methoxy groups -OCH3 is 1. The number of carbonyl (C=O) groups is 1. The molecule has 1 atom stereocenters. The highest BCUT2D eigenvalue weighted by Gasteiger charge is 2.33. The molecule has 1 aliphatic carbocycles. The van der Waals surface area contributed by atoms with Crippen LogP contribution >= 0.6 is 0 Å². The van der Waals surface area contributed by atoms with Crippen LogP contribution in [0.4, 0.5) is 0 Å². The molecule has 0 radical (unpaired) electrons. The van der Waals surface area contributed by atoms with Gasteiger partial charge in [-0.05, 0) is 36.5 Å². The summed E-state index contributed by atoms with van der Waals surface area (Å²) in [6.07, 6.45) is 3.93. The molecule has 0 bridgehead atoms. The molecular formula is C17H18N2O2. The number of rotatable bonds is 5. The number of hydrogen-bond acceptors (Lipinski definition) is 3. The molecule has 0 aliphatic heterocycles. The highest BCUT2D eigenvalue weighted by molar-refractivity contribution is 5.96. The van der Waals surface area contributed by atoms with E-state index in [-0.39, 0.29) is 11.9 Å². The molecule has 4 heteroatoms. The van der Waals surface area contributed by atoms with Crippen molar-refractivity contribution in [1.82, 2.24) is 10.3 Å². The summed E-state index contributed by atoms with van der Waals surface area (Å²) < 4.78 is 5.16. The average molecular weight is 282 g/mol. The molecule has 1 N–H and O–H groups in total. The second-order valence-corrected chi connectivity index (χ2v) is 5.26. The minimum atomic E-state index is -0.138. The summed E-state index contributed by atoms with van der Waals surface area (Å²) in [5.41, 5.74) is 1.62. The van der Waals surface area contributed by atoms with Crippen LogP contribution in [0.1, 0.15) is 34.8 Å². The molecule has 1 amide bonds. The molecule has 0 saturated heterocycles. The SMILES string of the molecule is COc1ncccc1C(=O)NC(c1ccccc1)C1CC1. The fourth-order valence-electron chi connectivity index (χ4n) is 2.51. The molecular weight excluding hydrogens is 264 g/mol. The number of nitrogens with zero attached hydrogens (tertiary/aromatic N) is 1. The Hall–Kier alpha value is -2.36. The highest BCUT2D eigenvalue weighted by Crippen LogP contribution is 2.41. The van der Waals surface area contributed by atoms with Crippen LogP contribution in [0.25, 0.3) is 0 Å². The Balaban J connectivity index is 1.82. The largest absolute Gasteiger partial charge is 0.480 e. The van der Waals surface area contributed by atoms with Crippen LogP contribution in [0.5, 0.6) is 5.88 Å². The number of hydrogen-bond donors (Lipinski definition) is 1. The van der Waals surface area contributed by atoms with E-state index in [0.29, 0.717) is 17.4 Å². The maximum atomic E-state index is 12.5. The van der Waals surface area contributed by atoms with Crippen molar-refractivity contribution in [3.8, 4) is 5.88 Å².